The Labute approximate surface area is 109 Å². The lowest BCUT2D eigenvalue weighted by Crippen LogP contribution is -2.50. The summed E-state index contributed by atoms with van der Waals surface area (Å²) in [6, 6.07) is 2.28. The van der Waals surface area contributed by atoms with Crippen molar-refractivity contribution < 1.29 is 9.90 Å². The summed E-state index contributed by atoms with van der Waals surface area (Å²) in [5.74, 6) is 0.000185. The first-order valence-electron chi connectivity index (χ1n) is 6.92. The summed E-state index contributed by atoms with van der Waals surface area (Å²) in [5.41, 5.74) is -1.43. The highest BCUT2D eigenvalue weighted by Crippen LogP contribution is 2.38. The van der Waals surface area contributed by atoms with Crippen LogP contribution in [0.5, 0.6) is 0 Å². The van der Waals surface area contributed by atoms with Gasteiger partial charge in [-0.25, -0.2) is 0 Å². The van der Waals surface area contributed by atoms with Crippen LogP contribution in [0, 0.1) is 16.7 Å². The van der Waals surface area contributed by atoms with Gasteiger partial charge in [-0.2, -0.15) is 5.26 Å². The number of hydrogen-bond donors (Lipinski definition) is 1. The molecule has 1 amide bonds. The number of nitrogens with zero attached hydrogens (tertiary/aromatic N) is 2. The molecule has 1 N–H and O–H groups in total. The minimum Gasteiger partial charge on any atom is -0.390 e. The highest BCUT2D eigenvalue weighted by atomic mass is 16.3. The number of carbonyl (C=O) groups excluding carboxylic acids is 1. The fourth-order valence-corrected chi connectivity index (χ4v) is 3.02. The quantitative estimate of drug-likeness (QED) is 0.772. The Kier molecular flexibility index (Phi) is 3.63. The topological polar surface area (TPSA) is 64.3 Å². The van der Waals surface area contributed by atoms with Crippen molar-refractivity contribution in [3.63, 3.8) is 0 Å². The molecule has 2 rings (SSSR count). The molecule has 4 nitrogen and oxygen atoms in total. The second kappa shape index (κ2) is 4.89. The van der Waals surface area contributed by atoms with Crippen LogP contribution in [0.2, 0.25) is 0 Å². The van der Waals surface area contributed by atoms with Crippen molar-refractivity contribution in [1.82, 2.24) is 4.90 Å². The summed E-state index contributed by atoms with van der Waals surface area (Å²) in [6.45, 7) is 2.97. The van der Waals surface area contributed by atoms with Crippen LogP contribution < -0.4 is 0 Å². The van der Waals surface area contributed by atoms with Crippen LogP contribution in [0.4, 0.5) is 0 Å². The van der Waals surface area contributed by atoms with Crippen molar-refractivity contribution in [2.24, 2.45) is 5.41 Å². The lowest BCUT2D eigenvalue weighted by atomic mass is 9.73. The van der Waals surface area contributed by atoms with Gasteiger partial charge in [0.15, 0.2) is 0 Å². The van der Waals surface area contributed by atoms with E-state index >= 15 is 0 Å². The average molecular weight is 250 g/mol. The minimum absolute atomic E-state index is 0.000185. The zero-order valence-electron chi connectivity index (χ0n) is 11.1. The second-order valence-electron chi connectivity index (χ2n) is 6.04. The molecule has 1 heterocycles. The molecule has 18 heavy (non-hydrogen) atoms. The van der Waals surface area contributed by atoms with Crippen LogP contribution in [0.25, 0.3) is 0 Å². The van der Waals surface area contributed by atoms with E-state index in [-0.39, 0.29) is 5.91 Å². The van der Waals surface area contributed by atoms with Crippen molar-refractivity contribution in [3.05, 3.63) is 0 Å². The fourth-order valence-electron chi connectivity index (χ4n) is 3.02. The summed E-state index contributed by atoms with van der Waals surface area (Å²) in [5, 5.41) is 19.3. The molecule has 1 aliphatic heterocycles. The Balaban J connectivity index is 2.05. The lowest BCUT2D eigenvalue weighted by molar-refractivity contribution is -0.144. The van der Waals surface area contributed by atoms with Crippen LogP contribution in [-0.2, 0) is 4.79 Å². The summed E-state index contributed by atoms with van der Waals surface area (Å²) < 4.78 is 0. The van der Waals surface area contributed by atoms with Gasteiger partial charge in [-0.3, -0.25) is 4.79 Å². The first-order chi connectivity index (χ1) is 8.49. The molecule has 1 saturated carbocycles. The normalized spacial score (nSPS) is 26.4. The number of piperidine rings is 1. The van der Waals surface area contributed by atoms with Crippen molar-refractivity contribution in [2.45, 2.75) is 57.5 Å². The highest BCUT2D eigenvalue weighted by molar-refractivity contribution is 5.85. The van der Waals surface area contributed by atoms with E-state index in [2.05, 4.69) is 6.07 Å². The first kappa shape index (κ1) is 13.4. The number of nitriles is 1. The molecule has 0 bridgehead atoms. The summed E-state index contributed by atoms with van der Waals surface area (Å²) in [7, 11) is 0. The molecule has 0 aromatic heterocycles. The first-order valence-corrected chi connectivity index (χ1v) is 6.92. The van der Waals surface area contributed by atoms with E-state index in [1.54, 1.807) is 4.90 Å². The number of likely N-dealkylation sites (tertiary alicyclic amines) is 1. The van der Waals surface area contributed by atoms with E-state index in [4.69, 9.17) is 0 Å². The Morgan fingerprint density at radius 1 is 1.17 bits per heavy atom. The SMILES string of the molecule is CC1(O)CCN(C(=O)C2(C#N)CCCCC2)CC1. The van der Waals surface area contributed by atoms with E-state index in [0.717, 1.165) is 19.3 Å². The number of carbonyl (C=O) groups is 1. The average Bonchev–Trinajstić information content (AvgIpc) is 2.39. The Morgan fingerprint density at radius 2 is 1.72 bits per heavy atom. The van der Waals surface area contributed by atoms with Crippen molar-refractivity contribution in [3.8, 4) is 6.07 Å². The molecule has 0 aromatic carbocycles. The van der Waals surface area contributed by atoms with Gasteiger partial charge in [0.1, 0.15) is 5.41 Å². The van der Waals surface area contributed by atoms with E-state index in [1.165, 1.54) is 0 Å². The van der Waals surface area contributed by atoms with Crippen LogP contribution in [0.1, 0.15) is 51.9 Å². The van der Waals surface area contributed by atoms with Crippen LogP contribution in [0.15, 0.2) is 0 Å². The Hall–Kier alpha value is -1.08. The summed E-state index contributed by atoms with van der Waals surface area (Å²) in [4.78, 5) is 14.3. The Morgan fingerprint density at radius 3 is 2.22 bits per heavy atom. The number of aliphatic hydroxyl groups is 1. The lowest BCUT2D eigenvalue weighted by Gasteiger charge is -2.40. The zero-order valence-corrected chi connectivity index (χ0v) is 11.1. The highest BCUT2D eigenvalue weighted by Gasteiger charge is 2.43. The minimum atomic E-state index is -0.776. The second-order valence-corrected chi connectivity index (χ2v) is 6.04. The largest absolute Gasteiger partial charge is 0.390 e. The standard InChI is InChI=1S/C14H22N2O2/c1-13(18)7-9-16(10-8-13)12(17)14(11-15)5-3-2-4-6-14/h18H,2-10H2,1H3. The molecular weight excluding hydrogens is 228 g/mol. The van der Waals surface area contributed by atoms with Crippen LogP contribution in [0.3, 0.4) is 0 Å². The third-order valence-corrected chi connectivity index (χ3v) is 4.46. The molecule has 0 radical (unpaired) electrons. The van der Waals surface area contributed by atoms with Crippen LogP contribution >= 0.6 is 0 Å². The fraction of sp³-hybridized carbons (Fsp3) is 0.857. The molecule has 100 valence electrons. The molecule has 0 unspecified atom stereocenters. The van der Waals surface area contributed by atoms with Gasteiger partial charge < -0.3 is 10.0 Å². The molecule has 1 aliphatic carbocycles. The molecule has 4 heteroatoms. The molecular formula is C14H22N2O2. The van der Waals surface area contributed by atoms with Crippen molar-refractivity contribution in [1.29, 1.82) is 5.26 Å². The van der Waals surface area contributed by atoms with E-state index in [0.29, 0.717) is 38.8 Å². The predicted octanol–water partition coefficient (Wildman–Crippen LogP) is 1.83. The van der Waals surface area contributed by atoms with Gasteiger partial charge in [-0.05, 0) is 32.6 Å². The van der Waals surface area contributed by atoms with Gasteiger partial charge in [0.05, 0.1) is 11.7 Å². The molecule has 0 atom stereocenters. The van der Waals surface area contributed by atoms with E-state index in [1.807, 2.05) is 6.92 Å². The van der Waals surface area contributed by atoms with Crippen molar-refractivity contribution >= 4 is 5.91 Å². The van der Waals surface area contributed by atoms with Crippen molar-refractivity contribution in [2.75, 3.05) is 13.1 Å². The zero-order chi connectivity index (χ0) is 13.2. The summed E-state index contributed by atoms with van der Waals surface area (Å²) in [6.07, 6.45) is 5.71. The van der Waals surface area contributed by atoms with Gasteiger partial charge in [0.25, 0.3) is 0 Å². The van der Waals surface area contributed by atoms with Gasteiger partial charge in [0.2, 0.25) is 5.91 Å². The smallest absolute Gasteiger partial charge is 0.243 e. The number of rotatable bonds is 1. The maximum absolute atomic E-state index is 12.5. The summed E-state index contributed by atoms with van der Waals surface area (Å²) >= 11 is 0. The predicted molar refractivity (Wildman–Crippen MR) is 67.6 cm³/mol. The van der Waals surface area contributed by atoms with Crippen LogP contribution in [-0.4, -0.2) is 34.6 Å². The maximum Gasteiger partial charge on any atom is 0.243 e. The molecule has 2 fully saturated rings. The monoisotopic (exact) mass is 250 g/mol. The molecule has 1 saturated heterocycles. The molecule has 2 aliphatic rings. The third kappa shape index (κ3) is 2.51. The Bertz CT molecular complexity index is 354. The van der Waals surface area contributed by atoms with Gasteiger partial charge in [-0.15, -0.1) is 0 Å². The molecule has 0 spiro atoms. The van der Waals surface area contributed by atoms with Gasteiger partial charge >= 0.3 is 0 Å². The number of amides is 1. The van der Waals surface area contributed by atoms with Gasteiger partial charge in [0, 0.05) is 13.1 Å². The molecule has 0 aromatic rings. The van der Waals surface area contributed by atoms with E-state index in [9.17, 15) is 15.2 Å². The van der Waals surface area contributed by atoms with E-state index < -0.39 is 11.0 Å². The third-order valence-electron chi connectivity index (χ3n) is 4.46. The maximum atomic E-state index is 12.5. The van der Waals surface area contributed by atoms with Gasteiger partial charge in [-0.1, -0.05) is 19.3 Å². The number of hydrogen-bond acceptors (Lipinski definition) is 3.